The first kappa shape index (κ1) is 16.2. The van der Waals surface area contributed by atoms with Crippen molar-refractivity contribution in [2.75, 3.05) is 18.0 Å². The second kappa shape index (κ2) is 6.91. The van der Waals surface area contributed by atoms with Crippen LogP contribution in [0.25, 0.3) is 11.0 Å². The molecule has 0 aliphatic carbocycles. The Morgan fingerprint density at radius 1 is 1.12 bits per heavy atom. The normalized spacial score (nSPS) is 13.0. The predicted molar refractivity (Wildman–Crippen MR) is 95.6 cm³/mol. The van der Waals surface area contributed by atoms with Gasteiger partial charge in [0.2, 0.25) is 11.9 Å². The van der Waals surface area contributed by atoms with E-state index >= 15 is 0 Å². The fourth-order valence-corrected chi connectivity index (χ4v) is 3.05. The molecule has 0 atom stereocenters. The molecular weight excluding hydrogens is 334 g/mol. The Hall–Kier alpha value is -3.29. The minimum Gasteiger partial charge on any atom is -0.467 e. The lowest BCUT2D eigenvalue weighted by Gasteiger charge is -2.14. The van der Waals surface area contributed by atoms with Crippen LogP contribution in [0.4, 0.5) is 10.7 Å². The number of rotatable bonds is 5. The van der Waals surface area contributed by atoms with E-state index in [0.717, 1.165) is 11.0 Å². The van der Waals surface area contributed by atoms with Crippen LogP contribution in [-0.2, 0) is 17.9 Å². The van der Waals surface area contributed by atoms with Gasteiger partial charge in [-0.15, -0.1) is 0 Å². The summed E-state index contributed by atoms with van der Waals surface area (Å²) in [6.45, 7) is 1.89. The first-order valence-electron chi connectivity index (χ1n) is 8.52. The molecule has 3 heterocycles. The summed E-state index contributed by atoms with van der Waals surface area (Å²) in [7, 11) is 0. The number of carbonyl (C=O) groups is 2. The summed E-state index contributed by atoms with van der Waals surface area (Å²) in [5.41, 5.74) is 1.90. The van der Waals surface area contributed by atoms with Gasteiger partial charge in [0.05, 0.1) is 23.8 Å². The molecule has 26 heavy (non-hydrogen) atoms. The van der Waals surface area contributed by atoms with Gasteiger partial charge in [0, 0.05) is 26.1 Å². The van der Waals surface area contributed by atoms with Crippen molar-refractivity contribution in [3.05, 3.63) is 48.4 Å². The highest BCUT2D eigenvalue weighted by atomic mass is 16.3. The summed E-state index contributed by atoms with van der Waals surface area (Å²) in [5, 5.41) is 5.53. The lowest BCUT2D eigenvalue weighted by molar-refractivity contribution is -0.121. The zero-order valence-corrected chi connectivity index (χ0v) is 14.1. The quantitative estimate of drug-likeness (QED) is 0.732. The topological polar surface area (TPSA) is 92.4 Å². The van der Waals surface area contributed by atoms with Gasteiger partial charge < -0.3 is 19.6 Å². The van der Waals surface area contributed by atoms with Crippen molar-refractivity contribution < 1.29 is 14.0 Å². The molecule has 134 valence electrons. The molecule has 0 radical (unpaired) electrons. The van der Waals surface area contributed by atoms with Gasteiger partial charge in [0.25, 0.3) is 0 Å². The molecule has 3 amide bonds. The smallest absolute Gasteiger partial charge is 0.324 e. The fourth-order valence-electron chi connectivity index (χ4n) is 3.05. The number of imidazole rings is 1. The number of amides is 3. The van der Waals surface area contributed by atoms with Crippen molar-refractivity contribution in [1.82, 2.24) is 20.2 Å². The SMILES string of the molecule is O=C(CCNC(=O)N1CCn2c1nc1ccccc12)NCc1ccco1. The van der Waals surface area contributed by atoms with Gasteiger partial charge in [-0.25, -0.2) is 9.78 Å². The summed E-state index contributed by atoms with van der Waals surface area (Å²) < 4.78 is 7.18. The third kappa shape index (κ3) is 3.13. The highest BCUT2D eigenvalue weighted by Gasteiger charge is 2.28. The number of hydrogen-bond acceptors (Lipinski definition) is 4. The van der Waals surface area contributed by atoms with Crippen LogP contribution in [0.2, 0.25) is 0 Å². The number of para-hydroxylation sites is 2. The maximum Gasteiger partial charge on any atom is 0.324 e. The molecule has 0 spiro atoms. The van der Waals surface area contributed by atoms with Crippen LogP contribution in [0, 0.1) is 0 Å². The second-order valence-corrected chi connectivity index (χ2v) is 6.04. The van der Waals surface area contributed by atoms with E-state index < -0.39 is 0 Å². The van der Waals surface area contributed by atoms with Gasteiger partial charge in [0.15, 0.2) is 0 Å². The van der Waals surface area contributed by atoms with E-state index in [1.54, 1.807) is 23.3 Å². The predicted octanol–water partition coefficient (Wildman–Crippen LogP) is 1.87. The van der Waals surface area contributed by atoms with E-state index in [4.69, 9.17) is 4.42 Å². The Bertz CT molecular complexity index is 932. The van der Waals surface area contributed by atoms with E-state index in [0.29, 0.717) is 31.3 Å². The zero-order chi connectivity index (χ0) is 17.9. The van der Waals surface area contributed by atoms with Gasteiger partial charge in [-0.05, 0) is 24.3 Å². The Balaban J connectivity index is 1.29. The number of fused-ring (bicyclic) bond motifs is 3. The Morgan fingerprint density at radius 2 is 2.00 bits per heavy atom. The van der Waals surface area contributed by atoms with Crippen LogP contribution in [0.5, 0.6) is 0 Å². The average molecular weight is 353 g/mol. The molecule has 0 saturated carbocycles. The number of nitrogens with zero attached hydrogens (tertiary/aromatic N) is 3. The first-order chi connectivity index (χ1) is 12.7. The maximum absolute atomic E-state index is 12.4. The number of hydrogen-bond donors (Lipinski definition) is 2. The van der Waals surface area contributed by atoms with Crippen LogP contribution in [0.15, 0.2) is 47.1 Å². The molecule has 2 aromatic heterocycles. The average Bonchev–Trinajstić information content (AvgIpc) is 3.36. The lowest BCUT2D eigenvalue weighted by atomic mass is 10.3. The van der Waals surface area contributed by atoms with E-state index in [2.05, 4.69) is 15.6 Å². The Morgan fingerprint density at radius 3 is 2.85 bits per heavy atom. The second-order valence-electron chi connectivity index (χ2n) is 6.04. The Kier molecular flexibility index (Phi) is 4.30. The summed E-state index contributed by atoms with van der Waals surface area (Å²) in [5.74, 6) is 1.19. The number of nitrogens with one attached hydrogen (secondary N) is 2. The van der Waals surface area contributed by atoms with Crippen LogP contribution >= 0.6 is 0 Å². The summed E-state index contributed by atoms with van der Waals surface area (Å²) in [6.07, 6.45) is 1.77. The molecule has 4 rings (SSSR count). The van der Waals surface area contributed by atoms with Crippen molar-refractivity contribution in [2.24, 2.45) is 0 Å². The maximum atomic E-state index is 12.4. The molecule has 0 saturated heterocycles. The standard InChI is InChI=1S/C18H19N5O3/c24-16(20-12-13-4-3-11-26-13)7-8-19-18(25)23-10-9-22-15-6-2-1-5-14(15)21-17(22)23/h1-6,11H,7-10,12H2,(H,19,25)(H,20,24). The summed E-state index contributed by atoms with van der Waals surface area (Å²) in [6, 6.07) is 11.1. The number of urea groups is 1. The minimum absolute atomic E-state index is 0.143. The molecule has 2 N–H and O–H groups in total. The molecule has 8 heteroatoms. The number of anilines is 1. The van der Waals surface area contributed by atoms with Gasteiger partial charge >= 0.3 is 6.03 Å². The van der Waals surface area contributed by atoms with Crippen molar-refractivity contribution in [2.45, 2.75) is 19.5 Å². The van der Waals surface area contributed by atoms with Crippen LogP contribution in [-0.4, -0.2) is 34.6 Å². The van der Waals surface area contributed by atoms with Crippen LogP contribution in [0.3, 0.4) is 0 Å². The molecule has 0 bridgehead atoms. The molecule has 1 aliphatic rings. The number of aromatic nitrogens is 2. The molecule has 0 unspecified atom stereocenters. The van der Waals surface area contributed by atoms with Crippen LogP contribution in [0.1, 0.15) is 12.2 Å². The minimum atomic E-state index is -0.238. The molecule has 1 aliphatic heterocycles. The summed E-state index contributed by atoms with van der Waals surface area (Å²) >= 11 is 0. The highest BCUT2D eigenvalue weighted by Crippen LogP contribution is 2.26. The molecule has 0 fully saturated rings. The third-order valence-electron chi connectivity index (χ3n) is 4.34. The van der Waals surface area contributed by atoms with Gasteiger partial charge in [-0.1, -0.05) is 12.1 Å². The van der Waals surface area contributed by atoms with Gasteiger partial charge in [-0.3, -0.25) is 9.69 Å². The van der Waals surface area contributed by atoms with Crippen molar-refractivity contribution in [3.8, 4) is 0 Å². The van der Waals surface area contributed by atoms with E-state index in [9.17, 15) is 9.59 Å². The lowest BCUT2D eigenvalue weighted by Crippen LogP contribution is -2.40. The zero-order valence-electron chi connectivity index (χ0n) is 14.1. The highest BCUT2D eigenvalue weighted by molar-refractivity contribution is 5.94. The summed E-state index contributed by atoms with van der Waals surface area (Å²) in [4.78, 5) is 30.4. The van der Waals surface area contributed by atoms with E-state index in [1.807, 2.05) is 28.8 Å². The van der Waals surface area contributed by atoms with E-state index in [-0.39, 0.29) is 24.9 Å². The number of furan rings is 1. The van der Waals surface area contributed by atoms with Crippen molar-refractivity contribution >= 4 is 28.9 Å². The third-order valence-corrected chi connectivity index (χ3v) is 4.34. The molecule has 1 aromatic carbocycles. The molecule has 8 nitrogen and oxygen atoms in total. The van der Waals surface area contributed by atoms with Gasteiger partial charge in [-0.2, -0.15) is 0 Å². The first-order valence-corrected chi connectivity index (χ1v) is 8.52. The van der Waals surface area contributed by atoms with Crippen molar-refractivity contribution in [1.29, 1.82) is 0 Å². The Labute approximate surface area is 149 Å². The largest absolute Gasteiger partial charge is 0.467 e. The monoisotopic (exact) mass is 353 g/mol. The molecule has 3 aromatic rings. The molecular formula is C18H19N5O3. The van der Waals surface area contributed by atoms with Crippen LogP contribution < -0.4 is 15.5 Å². The number of benzene rings is 1. The van der Waals surface area contributed by atoms with E-state index in [1.165, 1.54) is 0 Å². The number of carbonyl (C=O) groups excluding carboxylic acids is 2. The van der Waals surface area contributed by atoms with Crippen molar-refractivity contribution in [3.63, 3.8) is 0 Å². The fraction of sp³-hybridized carbons (Fsp3) is 0.278. The van der Waals surface area contributed by atoms with Gasteiger partial charge in [0.1, 0.15) is 5.76 Å².